The normalized spacial score (nSPS) is 16.3. The highest BCUT2D eigenvalue weighted by atomic mass is 35.5. The number of alkyl halides is 1. The first-order valence-corrected chi connectivity index (χ1v) is 10.7. The summed E-state index contributed by atoms with van der Waals surface area (Å²) in [6.07, 6.45) is 2.68. The molecule has 0 radical (unpaired) electrons. The number of rotatable bonds is 8. The lowest BCUT2D eigenvalue weighted by molar-refractivity contribution is 0.400. The number of hydrogen-bond acceptors (Lipinski definition) is 6. The van der Waals surface area contributed by atoms with Gasteiger partial charge < -0.3 is 14.8 Å². The molecule has 1 aliphatic heterocycles. The van der Waals surface area contributed by atoms with Crippen LogP contribution in [0.2, 0.25) is 0 Å². The molecule has 0 fully saturated rings. The molecule has 3 rings (SSSR count). The second kappa shape index (κ2) is 9.30. The Kier molecular flexibility index (Phi) is 6.79. The molecule has 0 aliphatic carbocycles. The molecule has 1 heterocycles. The number of methoxy groups -OCH3 is 2. The molecule has 29 heavy (non-hydrogen) atoms. The number of nitrogens with zero attached hydrogens (tertiary/aromatic N) is 2. The summed E-state index contributed by atoms with van der Waals surface area (Å²) < 4.78 is 38.2. The van der Waals surface area contributed by atoms with Gasteiger partial charge in [-0.2, -0.15) is 4.31 Å². The summed E-state index contributed by atoms with van der Waals surface area (Å²) in [4.78, 5) is 4.01. The number of aliphatic imine (C=N–C) groups is 1. The second-order valence-corrected chi connectivity index (χ2v) is 8.65. The molecule has 0 saturated carbocycles. The zero-order valence-electron chi connectivity index (χ0n) is 16.1. The lowest BCUT2D eigenvalue weighted by Gasteiger charge is -2.24. The molecule has 0 saturated heterocycles. The first-order chi connectivity index (χ1) is 13.9. The Balaban J connectivity index is 1.89. The predicted octanol–water partition coefficient (Wildman–Crippen LogP) is 3.07. The minimum Gasteiger partial charge on any atom is -0.497 e. The van der Waals surface area contributed by atoms with Crippen LogP contribution in [0.4, 0.5) is 0 Å². The lowest BCUT2D eigenvalue weighted by atomic mass is 10.2. The van der Waals surface area contributed by atoms with E-state index in [4.69, 9.17) is 21.1 Å². The van der Waals surface area contributed by atoms with Crippen LogP contribution in [0.1, 0.15) is 11.1 Å². The standard InChI is InChI=1S/C20H22ClN3O4S/c1-27-17-7-3-15(4-8-17)13-24(14-16-5-9-18(28-2)10-6-16)29(25,26)20-12-22-19(21)11-23-20/h3-12,19,22H,13-14H2,1-2H3. The molecule has 0 spiro atoms. The van der Waals surface area contributed by atoms with Crippen molar-refractivity contribution in [2.24, 2.45) is 4.99 Å². The lowest BCUT2D eigenvalue weighted by Crippen LogP contribution is -2.33. The Morgan fingerprint density at radius 2 is 1.45 bits per heavy atom. The number of hydrogen-bond donors (Lipinski definition) is 1. The predicted molar refractivity (Wildman–Crippen MR) is 114 cm³/mol. The second-order valence-electron chi connectivity index (χ2n) is 6.30. The molecule has 0 aromatic heterocycles. The summed E-state index contributed by atoms with van der Waals surface area (Å²) in [7, 11) is -0.695. The molecule has 2 aromatic rings. The Morgan fingerprint density at radius 1 is 0.966 bits per heavy atom. The van der Waals surface area contributed by atoms with E-state index in [0.717, 1.165) is 11.1 Å². The third-order valence-electron chi connectivity index (χ3n) is 4.34. The highest BCUT2D eigenvalue weighted by Gasteiger charge is 2.28. The Morgan fingerprint density at radius 3 is 1.83 bits per heavy atom. The van der Waals surface area contributed by atoms with Crippen LogP contribution in [0.25, 0.3) is 0 Å². The number of halogens is 1. The fourth-order valence-electron chi connectivity index (χ4n) is 2.74. The summed E-state index contributed by atoms with van der Waals surface area (Å²) in [6.45, 7) is 0.352. The molecule has 1 aliphatic rings. The van der Waals surface area contributed by atoms with Gasteiger partial charge in [0.25, 0.3) is 10.0 Å². The minimum absolute atomic E-state index is 0.0866. The van der Waals surface area contributed by atoms with Gasteiger partial charge in [-0.3, -0.25) is 0 Å². The zero-order chi connectivity index (χ0) is 20.9. The van der Waals surface area contributed by atoms with Gasteiger partial charge in [0, 0.05) is 25.5 Å². The highest BCUT2D eigenvalue weighted by Crippen LogP contribution is 2.23. The maximum Gasteiger partial charge on any atom is 0.262 e. The van der Waals surface area contributed by atoms with Crippen molar-refractivity contribution in [2.75, 3.05) is 14.2 Å². The Bertz CT molecular complexity index is 940. The SMILES string of the molecule is COc1ccc(CN(Cc2ccc(OC)cc2)S(=O)(=O)C2=CNC(Cl)C=N2)cc1. The monoisotopic (exact) mass is 435 g/mol. The summed E-state index contributed by atoms with van der Waals surface area (Å²) >= 11 is 5.89. The first kappa shape index (κ1) is 21.2. The number of ether oxygens (including phenoxy) is 2. The van der Waals surface area contributed by atoms with E-state index < -0.39 is 15.5 Å². The van der Waals surface area contributed by atoms with Gasteiger partial charge >= 0.3 is 0 Å². The van der Waals surface area contributed by atoms with Crippen molar-refractivity contribution < 1.29 is 17.9 Å². The molecule has 7 nitrogen and oxygen atoms in total. The molecular weight excluding hydrogens is 414 g/mol. The summed E-state index contributed by atoms with van der Waals surface area (Å²) in [6, 6.07) is 14.5. The van der Waals surface area contributed by atoms with Crippen molar-refractivity contribution in [2.45, 2.75) is 18.6 Å². The van der Waals surface area contributed by atoms with Gasteiger partial charge in [0.2, 0.25) is 0 Å². The van der Waals surface area contributed by atoms with E-state index in [9.17, 15) is 8.42 Å². The molecule has 1 unspecified atom stereocenters. The smallest absolute Gasteiger partial charge is 0.262 e. The molecule has 1 N–H and O–H groups in total. The van der Waals surface area contributed by atoms with Gasteiger partial charge in [-0.25, -0.2) is 13.4 Å². The van der Waals surface area contributed by atoms with Crippen LogP contribution in [0.5, 0.6) is 11.5 Å². The van der Waals surface area contributed by atoms with Gasteiger partial charge in [0.05, 0.1) is 14.2 Å². The van der Waals surface area contributed by atoms with E-state index >= 15 is 0 Å². The maximum absolute atomic E-state index is 13.3. The van der Waals surface area contributed by atoms with Crippen LogP contribution < -0.4 is 14.8 Å². The molecule has 154 valence electrons. The minimum atomic E-state index is -3.86. The fourth-order valence-corrected chi connectivity index (χ4v) is 4.17. The van der Waals surface area contributed by atoms with Crippen molar-refractivity contribution in [3.05, 3.63) is 70.9 Å². The average molecular weight is 436 g/mol. The zero-order valence-corrected chi connectivity index (χ0v) is 17.7. The van der Waals surface area contributed by atoms with E-state index in [2.05, 4.69) is 10.3 Å². The highest BCUT2D eigenvalue weighted by molar-refractivity contribution is 7.92. The topological polar surface area (TPSA) is 80.2 Å². The van der Waals surface area contributed by atoms with Crippen LogP contribution >= 0.6 is 11.6 Å². The molecular formula is C20H22ClN3O4S. The number of sulfonamides is 1. The summed E-state index contributed by atoms with van der Waals surface area (Å²) in [5.74, 6) is 1.41. The van der Waals surface area contributed by atoms with Crippen LogP contribution in [-0.4, -0.2) is 38.7 Å². The van der Waals surface area contributed by atoms with E-state index in [1.807, 2.05) is 24.3 Å². The first-order valence-electron chi connectivity index (χ1n) is 8.83. The van der Waals surface area contributed by atoms with Crippen molar-refractivity contribution in [1.82, 2.24) is 9.62 Å². The molecule has 9 heteroatoms. The van der Waals surface area contributed by atoms with Crippen molar-refractivity contribution >= 4 is 27.8 Å². The van der Waals surface area contributed by atoms with Crippen LogP contribution in [0, 0.1) is 0 Å². The van der Waals surface area contributed by atoms with Crippen LogP contribution in [0.15, 0.2) is 64.8 Å². The summed E-state index contributed by atoms with van der Waals surface area (Å²) in [5, 5.41) is 2.68. The molecule has 2 aromatic carbocycles. The molecule has 0 bridgehead atoms. The van der Waals surface area contributed by atoms with E-state index in [-0.39, 0.29) is 18.1 Å². The number of benzene rings is 2. The van der Waals surface area contributed by atoms with Crippen molar-refractivity contribution in [3.8, 4) is 11.5 Å². The van der Waals surface area contributed by atoms with Gasteiger partial charge in [-0.05, 0) is 35.4 Å². The van der Waals surface area contributed by atoms with E-state index in [1.54, 1.807) is 38.5 Å². The van der Waals surface area contributed by atoms with E-state index in [0.29, 0.717) is 11.5 Å². The third kappa shape index (κ3) is 5.29. The Hall–Kier alpha value is -2.55. The largest absolute Gasteiger partial charge is 0.497 e. The Labute approximate surface area is 175 Å². The van der Waals surface area contributed by atoms with Crippen LogP contribution in [0.3, 0.4) is 0 Å². The van der Waals surface area contributed by atoms with Gasteiger partial charge in [-0.15, -0.1) is 0 Å². The maximum atomic E-state index is 13.3. The van der Waals surface area contributed by atoms with E-state index in [1.165, 1.54) is 16.7 Å². The average Bonchev–Trinajstić information content (AvgIpc) is 2.74. The van der Waals surface area contributed by atoms with Crippen molar-refractivity contribution in [1.29, 1.82) is 0 Å². The quantitative estimate of drug-likeness (QED) is 0.509. The summed E-state index contributed by atoms with van der Waals surface area (Å²) in [5.41, 5.74) is 1.11. The fraction of sp³-hybridized carbons (Fsp3) is 0.250. The third-order valence-corrected chi connectivity index (χ3v) is 6.27. The van der Waals surface area contributed by atoms with Gasteiger partial charge in [-0.1, -0.05) is 35.9 Å². The van der Waals surface area contributed by atoms with Crippen molar-refractivity contribution in [3.63, 3.8) is 0 Å². The number of nitrogens with one attached hydrogen (secondary N) is 1. The molecule has 1 atom stereocenters. The van der Waals surface area contributed by atoms with Gasteiger partial charge in [0.15, 0.2) is 5.03 Å². The molecule has 0 amide bonds. The van der Waals surface area contributed by atoms with Gasteiger partial charge in [0.1, 0.15) is 17.0 Å². The van der Waals surface area contributed by atoms with Crippen LogP contribution in [-0.2, 0) is 23.1 Å².